The van der Waals surface area contributed by atoms with Gasteiger partial charge < -0.3 is 9.80 Å². The first-order chi connectivity index (χ1) is 10.7. The molecular weight excluding hydrogens is 279 g/mol. The van der Waals surface area contributed by atoms with Crippen molar-refractivity contribution in [1.29, 1.82) is 0 Å². The Bertz CT molecular complexity index is 504. The molecule has 0 radical (unpaired) electrons. The third kappa shape index (κ3) is 4.21. The summed E-state index contributed by atoms with van der Waals surface area (Å²) >= 11 is 0. The lowest BCUT2D eigenvalue weighted by Gasteiger charge is -2.33. The van der Waals surface area contributed by atoms with Gasteiger partial charge in [0.05, 0.1) is 6.54 Å². The zero-order chi connectivity index (χ0) is 15.9. The molecule has 0 aromatic heterocycles. The van der Waals surface area contributed by atoms with E-state index in [9.17, 15) is 9.18 Å². The number of carbonyl (C=O) groups is 1. The predicted molar refractivity (Wildman–Crippen MR) is 88.7 cm³/mol. The lowest BCUT2D eigenvalue weighted by atomic mass is 10.0. The monoisotopic (exact) mass is 306 g/mol. The number of aryl methyl sites for hydroxylation is 1. The third-order valence-corrected chi connectivity index (χ3v) is 4.21. The van der Waals surface area contributed by atoms with Gasteiger partial charge in [-0.3, -0.25) is 4.79 Å². The molecule has 0 saturated carbocycles. The van der Waals surface area contributed by atoms with Gasteiger partial charge in [0.2, 0.25) is 5.91 Å². The van der Waals surface area contributed by atoms with Gasteiger partial charge in [-0.05, 0) is 49.4 Å². The van der Waals surface area contributed by atoms with E-state index < -0.39 is 0 Å². The summed E-state index contributed by atoms with van der Waals surface area (Å²) in [5.74, 6) is -0.00467. The Hall–Kier alpha value is -1.58. The normalized spacial score (nSPS) is 13.9. The second-order valence-corrected chi connectivity index (χ2v) is 6.03. The Morgan fingerprint density at radius 1 is 1.27 bits per heavy atom. The van der Waals surface area contributed by atoms with E-state index in [4.69, 9.17) is 0 Å². The minimum Gasteiger partial charge on any atom is -0.362 e. The quantitative estimate of drug-likeness (QED) is 0.768. The number of benzene rings is 1. The summed E-state index contributed by atoms with van der Waals surface area (Å²) in [4.78, 5) is 16.7. The molecule has 1 amide bonds. The predicted octanol–water partition coefficient (Wildman–Crippen LogP) is 3.62. The van der Waals surface area contributed by atoms with E-state index >= 15 is 0 Å². The van der Waals surface area contributed by atoms with Crippen molar-refractivity contribution >= 4 is 11.6 Å². The molecule has 1 heterocycles. The topological polar surface area (TPSA) is 23.6 Å². The van der Waals surface area contributed by atoms with Crippen LogP contribution in [0.5, 0.6) is 0 Å². The van der Waals surface area contributed by atoms with Crippen LogP contribution in [0.2, 0.25) is 0 Å². The minimum absolute atomic E-state index is 0.187. The van der Waals surface area contributed by atoms with Crippen molar-refractivity contribution < 1.29 is 9.18 Å². The van der Waals surface area contributed by atoms with Gasteiger partial charge in [0.15, 0.2) is 0 Å². The van der Waals surface area contributed by atoms with Gasteiger partial charge in [-0.15, -0.1) is 0 Å². The smallest absolute Gasteiger partial charge is 0.242 e. The standard InChI is InChI=1S/C18H27FN2O/c1-3-5-11-20(10-4-2)18(22)14-21-12-6-7-15-13-16(19)8-9-17(15)21/h8-9,13H,3-7,10-12,14H2,1-2H3. The Morgan fingerprint density at radius 2 is 2.09 bits per heavy atom. The van der Waals surface area contributed by atoms with Crippen molar-refractivity contribution in [3.8, 4) is 0 Å². The summed E-state index contributed by atoms with van der Waals surface area (Å²) in [6.45, 7) is 7.19. The van der Waals surface area contributed by atoms with E-state index in [1.165, 1.54) is 6.07 Å². The Balaban J connectivity index is 2.05. The molecule has 3 nitrogen and oxygen atoms in total. The molecule has 0 atom stereocenters. The van der Waals surface area contributed by atoms with Crippen LogP contribution in [-0.2, 0) is 11.2 Å². The number of anilines is 1. The maximum Gasteiger partial charge on any atom is 0.242 e. The van der Waals surface area contributed by atoms with E-state index in [2.05, 4.69) is 18.7 Å². The maximum absolute atomic E-state index is 13.4. The highest BCUT2D eigenvalue weighted by atomic mass is 19.1. The molecule has 1 aromatic rings. The van der Waals surface area contributed by atoms with Crippen molar-refractivity contribution in [3.05, 3.63) is 29.6 Å². The number of hydrogen-bond donors (Lipinski definition) is 0. The van der Waals surface area contributed by atoms with Crippen molar-refractivity contribution in [2.24, 2.45) is 0 Å². The lowest BCUT2D eigenvalue weighted by molar-refractivity contribution is -0.129. The molecule has 0 spiro atoms. The molecule has 122 valence electrons. The lowest BCUT2D eigenvalue weighted by Crippen LogP contribution is -2.43. The summed E-state index contributed by atoms with van der Waals surface area (Å²) in [5.41, 5.74) is 2.04. The molecule has 0 unspecified atom stereocenters. The molecular formula is C18H27FN2O. The highest BCUT2D eigenvalue weighted by Gasteiger charge is 2.21. The van der Waals surface area contributed by atoms with Gasteiger partial charge in [-0.1, -0.05) is 20.3 Å². The fraction of sp³-hybridized carbons (Fsp3) is 0.611. The van der Waals surface area contributed by atoms with Crippen LogP contribution in [0.25, 0.3) is 0 Å². The highest BCUT2D eigenvalue weighted by molar-refractivity contribution is 5.82. The van der Waals surface area contributed by atoms with Crippen LogP contribution in [0.3, 0.4) is 0 Å². The summed E-state index contributed by atoms with van der Waals surface area (Å²) in [7, 11) is 0. The minimum atomic E-state index is -0.192. The molecule has 0 bridgehead atoms. The van der Waals surface area contributed by atoms with Crippen LogP contribution < -0.4 is 4.90 Å². The van der Waals surface area contributed by atoms with Crippen LogP contribution in [0.1, 0.15) is 45.1 Å². The van der Waals surface area contributed by atoms with Gasteiger partial charge in [-0.25, -0.2) is 4.39 Å². The fourth-order valence-corrected chi connectivity index (χ4v) is 3.05. The number of fused-ring (bicyclic) bond motifs is 1. The van der Waals surface area contributed by atoms with E-state index in [1.54, 1.807) is 6.07 Å². The van der Waals surface area contributed by atoms with E-state index in [1.807, 2.05) is 11.0 Å². The number of unbranched alkanes of at least 4 members (excludes halogenated alkanes) is 1. The van der Waals surface area contributed by atoms with Crippen molar-refractivity contribution in [2.45, 2.75) is 46.0 Å². The largest absolute Gasteiger partial charge is 0.362 e. The maximum atomic E-state index is 13.4. The second kappa shape index (κ2) is 8.16. The first-order valence-electron chi connectivity index (χ1n) is 8.46. The Kier molecular flexibility index (Phi) is 6.22. The van der Waals surface area contributed by atoms with Gasteiger partial charge in [0.25, 0.3) is 0 Å². The summed E-state index contributed by atoms with van der Waals surface area (Å²) in [6, 6.07) is 4.91. The van der Waals surface area contributed by atoms with Crippen molar-refractivity contribution in [2.75, 3.05) is 31.1 Å². The molecule has 1 aliphatic heterocycles. The molecule has 22 heavy (non-hydrogen) atoms. The molecule has 0 N–H and O–H groups in total. The molecule has 0 saturated heterocycles. The number of carbonyl (C=O) groups excluding carboxylic acids is 1. The Morgan fingerprint density at radius 3 is 2.82 bits per heavy atom. The van der Waals surface area contributed by atoms with E-state index in [0.717, 1.165) is 63.0 Å². The Labute approximate surface area is 133 Å². The fourth-order valence-electron chi connectivity index (χ4n) is 3.05. The van der Waals surface area contributed by atoms with E-state index in [0.29, 0.717) is 6.54 Å². The van der Waals surface area contributed by atoms with Crippen molar-refractivity contribution in [1.82, 2.24) is 4.90 Å². The van der Waals surface area contributed by atoms with Gasteiger partial charge in [0.1, 0.15) is 5.82 Å². The average molecular weight is 306 g/mol. The van der Waals surface area contributed by atoms with Gasteiger partial charge in [0, 0.05) is 25.3 Å². The number of rotatable bonds is 7. The highest BCUT2D eigenvalue weighted by Crippen LogP contribution is 2.27. The molecule has 0 aliphatic carbocycles. The van der Waals surface area contributed by atoms with Gasteiger partial charge in [-0.2, -0.15) is 0 Å². The van der Waals surface area contributed by atoms with Crippen LogP contribution in [0.4, 0.5) is 10.1 Å². The first kappa shape index (κ1) is 16.8. The molecule has 1 aliphatic rings. The average Bonchev–Trinajstić information content (AvgIpc) is 2.51. The molecule has 2 rings (SSSR count). The summed E-state index contributed by atoms with van der Waals surface area (Å²) in [5, 5.41) is 0. The molecule has 4 heteroatoms. The zero-order valence-electron chi connectivity index (χ0n) is 13.8. The van der Waals surface area contributed by atoms with E-state index in [-0.39, 0.29) is 11.7 Å². The number of amides is 1. The van der Waals surface area contributed by atoms with Crippen LogP contribution in [0, 0.1) is 5.82 Å². The van der Waals surface area contributed by atoms with Crippen LogP contribution in [-0.4, -0.2) is 37.0 Å². The first-order valence-corrected chi connectivity index (χ1v) is 8.46. The molecule has 1 aromatic carbocycles. The summed E-state index contributed by atoms with van der Waals surface area (Å²) in [6.07, 6.45) is 5.00. The number of hydrogen-bond acceptors (Lipinski definition) is 2. The second-order valence-electron chi connectivity index (χ2n) is 6.03. The SMILES string of the molecule is CCCCN(CCC)C(=O)CN1CCCc2cc(F)ccc21. The number of halogens is 1. The van der Waals surface area contributed by atoms with Crippen molar-refractivity contribution in [3.63, 3.8) is 0 Å². The zero-order valence-corrected chi connectivity index (χ0v) is 13.8. The van der Waals surface area contributed by atoms with Crippen LogP contribution >= 0.6 is 0 Å². The van der Waals surface area contributed by atoms with Crippen LogP contribution in [0.15, 0.2) is 18.2 Å². The van der Waals surface area contributed by atoms with Gasteiger partial charge >= 0.3 is 0 Å². The number of nitrogens with zero attached hydrogens (tertiary/aromatic N) is 2. The summed E-state index contributed by atoms with van der Waals surface area (Å²) < 4.78 is 13.4. The third-order valence-electron chi connectivity index (χ3n) is 4.21. The molecule has 0 fully saturated rings.